The molecule has 0 atom stereocenters. The lowest BCUT2D eigenvalue weighted by Crippen LogP contribution is -2.20. The molecule has 108 valence electrons. The van der Waals surface area contributed by atoms with Crippen LogP contribution in [0, 0.1) is 0 Å². The molecular weight excluding hydrogens is 238 g/mol. The third-order valence-electron chi connectivity index (χ3n) is 3.06. The van der Waals surface area contributed by atoms with Crippen molar-refractivity contribution in [3.63, 3.8) is 0 Å². The Morgan fingerprint density at radius 1 is 1.47 bits per heavy atom. The fraction of sp³-hybridized carbons (Fsp3) is 0.667. The Hall–Kier alpha value is -1.13. The molecule has 1 aromatic rings. The van der Waals surface area contributed by atoms with Crippen LogP contribution >= 0.6 is 0 Å². The lowest BCUT2D eigenvalue weighted by atomic mass is 10.2. The predicted molar refractivity (Wildman–Crippen MR) is 79.2 cm³/mol. The second-order valence-corrected chi connectivity index (χ2v) is 4.94. The van der Waals surface area contributed by atoms with Gasteiger partial charge in [0.1, 0.15) is 0 Å². The van der Waals surface area contributed by atoms with Crippen molar-refractivity contribution in [1.82, 2.24) is 15.1 Å². The van der Waals surface area contributed by atoms with Gasteiger partial charge in [-0.1, -0.05) is 26.0 Å². The lowest BCUT2D eigenvalue weighted by molar-refractivity contribution is 0.157. The largest absolute Gasteiger partial charge is 0.376 e. The molecule has 1 aromatic heterocycles. The van der Waals surface area contributed by atoms with Crippen LogP contribution in [0.3, 0.4) is 0 Å². The van der Waals surface area contributed by atoms with Crippen molar-refractivity contribution in [2.45, 2.75) is 46.2 Å². The van der Waals surface area contributed by atoms with E-state index >= 15 is 0 Å². The Bertz CT molecular complexity index is 369. The quantitative estimate of drug-likeness (QED) is 0.522. The molecule has 0 aliphatic rings. The first-order valence-corrected chi connectivity index (χ1v) is 7.14. The minimum absolute atomic E-state index is 0.521. The van der Waals surface area contributed by atoms with E-state index in [0.717, 1.165) is 37.2 Å². The van der Waals surface area contributed by atoms with Gasteiger partial charge >= 0.3 is 0 Å². The standard InChI is InChI=1S/C15H27N3O/c1-5-15(6-2)18-9-7-14(17-18)11-16-8-10-19-12-13(3)4/h7,9,15-16H,3,5-6,8,10-12H2,1-2,4H3. The molecule has 0 saturated carbocycles. The van der Waals surface area contributed by atoms with Gasteiger partial charge in [0.15, 0.2) is 0 Å². The Morgan fingerprint density at radius 2 is 2.21 bits per heavy atom. The van der Waals surface area contributed by atoms with Crippen LogP contribution in [0.15, 0.2) is 24.4 Å². The lowest BCUT2D eigenvalue weighted by Gasteiger charge is -2.12. The highest BCUT2D eigenvalue weighted by atomic mass is 16.5. The zero-order valence-electron chi connectivity index (χ0n) is 12.5. The maximum Gasteiger partial charge on any atom is 0.0762 e. The topological polar surface area (TPSA) is 39.1 Å². The second-order valence-electron chi connectivity index (χ2n) is 4.94. The van der Waals surface area contributed by atoms with Crippen LogP contribution in [-0.2, 0) is 11.3 Å². The van der Waals surface area contributed by atoms with Gasteiger partial charge in [0.05, 0.1) is 24.9 Å². The van der Waals surface area contributed by atoms with Crippen LogP contribution in [0.1, 0.15) is 45.3 Å². The molecule has 0 aliphatic heterocycles. The average molecular weight is 265 g/mol. The molecule has 0 saturated heterocycles. The maximum atomic E-state index is 5.42. The minimum Gasteiger partial charge on any atom is -0.376 e. The van der Waals surface area contributed by atoms with Gasteiger partial charge in [-0.3, -0.25) is 4.68 Å². The first-order valence-electron chi connectivity index (χ1n) is 7.14. The number of ether oxygens (including phenoxy) is 1. The Kier molecular flexibility index (Phi) is 7.45. The smallest absolute Gasteiger partial charge is 0.0762 e. The van der Waals surface area contributed by atoms with Gasteiger partial charge in [-0.2, -0.15) is 5.10 Å². The zero-order valence-corrected chi connectivity index (χ0v) is 12.5. The molecule has 1 heterocycles. The number of hydrogen-bond donors (Lipinski definition) is 1. The molecule has 4 nitrogen and oxygen atoms in total. The predicted octanol–water partition coefficient (Wildman–Crippen LogP) is 2.93. The van der Waals surface area contributed by atoms with E-state index < -0.39 is 0 Å². The Morgan fingerprint density at radius 3 is 2.84 bits per heavy atom. The van der Waals surface area contributed by atoms with Crippen molar-refractivity contribution < 1.29 is 4.74 Å². The molecule has 0 aliphatic carbocycles. The van der Waals surface area contributed by atoms with Crippen LogP contribution in [0.4, 0.5) is 0 Å². The molecule has 4 heteroatoms. The summed E-state index contributed by atoms with van der Waals surface area (Å²) in [6, 6.07) is 2.60. The summed E-state index contributed by atoms with van der Waals surface area (Å²) in [6.07, 6.45) is 4.33. The van der Waals surface area contributed by atoms with E-state index in [-0.39, 0.29) is 0 Å². The summed E-state index contributed by atoms with van der Waals surface area (Å²) in [5.74, 6) is 0. The van der Waals surface area contributed by atoms with Crippen LogP contribution in [0.25, 0.3) is 0 Å². The van der Waals surface area contributed by atoms with Gasteiger partial charge in [0.2, 0.25) is 0 Å². The van der Waals surface area contributed by atoms with Crippen LogP contribution in [0.2, 0.25) is 0 Å². The van der Waals surface area contributed by atoms with Gasteiger partial charge in [-0.05, 0) is 25.8 Å². The van der Waals surface area contributed by atoms with E-state index in [4.69, 9.17) is 4.74 Å². The summed E-state index contributed by atoms with van der Waals surface area (Å²) in [5.41, 5.74) is 2.15. The molecule has 0 amide bonds. The van der Waals surface area contributed by atoms with Gasteiger partial charge in [-0.15, -0.1) is 0 Å². The molecule has 0 bridgehead atoms. The zero-order chi connectivity index (χ0) is 14.1. The fourth-order valence-corrected chi connectivity index (χ4v) is 1.95. The van der Waals surface area contributed by atoms with E-state index in [1.807, 2.05) is 6.92 Å². The summed E-state index contributed by atoms with van der Waals surface area (Å²) < 4.78 is 7.50. The van der Waals surface area contributed by atoms with E-state index in [0.29, 0.717) is 19.3 Å². The first kappa shape index (κ1) is 15.9. The molecule has 0 aromatic carbocycles. The Balaban J connectivity index is 2.21. The molecule has 0 unspecified atom stereocenters. The number of hydrogen-bond acceptors (Lipinski definition) is 3. The van der Waals surface area contributed by atoms with E-state index in [9.17, 15) is 0 Å². The molecule has 0 radical (unpaired) electrons. The average Bonchev–Trinajstić information content (AvgIpc) is 2.83. The third-order valence-corrected chi connectivity index (χ3v) is 3.06. The van der Waals surface area contributed by atoms with Gasteiger partial charge in [0.25, 0.3) is 0 Å². The van der Waals surface area contributed by atoms with Crippen molar-refractivity contribution >= 4 is 0 Å². The van der Waals surface area contributed by atoms with Crippen molar-refractivity contribution in [2.75, 3.05) is 19.8 Å². The molecular formula is C15H27N3O. The monoisotopic (exact) mass is 265 g/mol. The highest BCUT2D eigenvalue weighted by Gasteiger charge is 2.07. The molecule has 0 spiro atoms. The molecule has 0 fully saturated rings. The number of nitrogens with zero attached hydrogens (tertiary/aromatic N) is 2. The Labute approximate surface area is 116 Å². The molecule has 1 N–H and O–H groups in total. The molecule has 1 rings (SSSR count). The first-order chi connectivity index (χ1) is 9.17. The van der Waals surface area contributed by atoms with Gasteiger partial charge in [0, 0.05) is 19.3 Å². The third kappa shape index (κ3) is 6.03. The summed E-state index contributed by atoms with van der Waals surface area (Å²) in [6.45, 7) is 13.2. The summed E-state index contributed by atoms with van der Waals surface area (Å²) in [7, 11) is 0. The summed E-state index contributed by atoms with van der Waals surface area (Å²) >= 11 is 0. The van der Waals surface area contributed by atoms with Crippen molar-refractivity contribution in [3.05, 3.63) is 30.1 Å². The normalized spacial score (nSPS) is 11.2. The number of nitrogens with one attached hydrogen (secondary N) is 1. The minimum atomic E-state index is 0.521. The maximum absolute atomic E-state index is 5.42. The summed E-state index contributed by atoms with van der Waals surface area (Å²) in [5, 5.41) is 7.93. The highest BCUT2D eigenvalue weighted by molar-refractivity contribution is 4.99. The highest BCUT2D eigenvalue weighted by Crippen LogP contribution is 2.14. The fourth-order valence-electron chi connectivity index (χ4n) is 1.95. The number of aromatic nitrogens is 2. The van der Waals surface area contributed by atoms with Crippen LogP contribution < -0.4 is 5.32 Å². The van der Waals surface area contributed by atoms with E-state index in [1.165, 1.54) is 0 Å². The second kappa shape index (κ2) is 8.88. The molecule has 19 heavy (non-hydrogen) atoms. The SMILES string of the molecule is C=C(C)COCCNCc1ccn(C(CC)CC)n1. The number of rotatable bonds is 10. The van der Waals surface area contributed by atoms with Gasteiger partial charge in [-0.25, -0.2) is 0 Å². The van der Waals surface area contributed by atoms with Crippen LogP contribution in [0.5, 0.6) is 0 Å². The summed E-state index contributed by atoms with van der Waals surface area (Å²) in [4.78, 5) is 0. The van der Waals surface area contributed by atoms with E-state index in [2.05, 4.69) is 47.8 Å². The van der Waals surface area contributed by atoms with E-state index in [1.54, 1.807) is 0 Å². The van der Waals surface area contributed by atoms with Crippen molar-refractivity contribution in [1.29, 1.82) is 0 Å². The van der Waals surface area contributed by atoms with Crippen LogP contribution in [-0.4, -0.2) is 29.5 Å². The van der Waals surface area contributed by atoms with Gasteiger partial charge < -0.3 is 10.1 Å². The van der Waals surface area contributed by atoms with Crippen molar-refractivity contribution in [3.8, 4) is 0 Å². The van der Waals surface area contributed by atoms with Crippen molar-refractivity contribution in [2.24, 2.45) is 0 Å².